The number of hydrogen-bond acceptors (Lipinski definition) is 3. The maximum Gasteiger partial charge on any atom is 0.253 e. The van der Waals surface area contributed by atoms with Crippen LogP contribution in [0.15, 0.2) is 54.6 Å². The summed E-state index contributed by atoms with van der Waals surface area (Å²) in [4.78, 5) is 40.7. The van der Waals surface area contributed by atoms with Crippen molar-refractivity contribution in [3.8, 4) is 0 Å². The summed E-state index contributed by atoms with van der Waals surface area (Å²) in [6.07, 6.45) is 2.27. The Morgan fingerprint density at radius 1 is 0.871 bits per heavy atom. The summed E-state index contributed by atoms with van der Waals surface area (Å²) in [6.45, 7) is 5.88. The van der Waals surface area contributed by atoms with E-state index in [0.717, 1.165) is 12.8 Å². The lowest BCUT2D eigenvalue weighted by Crippen LogP contribution is -2.50. The number of nitrogens with one attached hydrogen (secondary N) is 1. The molecule has 0 radical (unpaired) electrons. The van der Waals surface area contributed by atoms with Gasteiger partial charge in [0.05, 0.1) is 0 Å². The summed E-state index contributed by atoms with van der Waals surface area (Å²) in [7, 11) is 0. The van der Waals surface area contributed by atoms with Crippen molar-refractivity contribution in [2.75, 3.05) is 31.5 Å². The monoisotopic (exact) mass is 421 g/mol. The molecule has 0 bridgehead atoms. The predicted octanol–water partition coefficient (Wildman–Crippen LogP) is 3.59. The first-order valence-electron chi connectivity index (χ1n) is 11.0. The van der Waals surface area contributed by atoms with E-state index < -0.39 is 0 Å². The second-order valence-corrected chi connectivity index (χ2v) is 8.23. The molecule has 3 amide bonds. The van der Waals surface area contributed by atoms with Crippen LogP contribution in [-0.2, 0) is 16.0 Å². The van der Waals surface area contributed by atoms with Crippen molar-refractivity contribution in [2.45, 2.75) is 33.1 Å². The third kappa shape index (κ3) is 6.41. The average Bonchev–Trinajstić information content (AvgIpc) is 2.80. The van der Waals surface area contributed by atoms with Crippen molar-refractivity contribution in [3.05, 3.63) is 65.7 Å². The Hall–Kier alpha value is -3.15. The Labute approximate surface area is 184 Å². The average molecular weight is 422 g/mol. The minimum Gasteiger partial charge on any atom is -0.339 e. The van der Waals surface area contributed by atoms with Gasteiger partial charge in [0.25, 0.3) is 5.91 Å². The van der Waals surface area contributed by atoms with Crippen LogP contribution in [0.4, 0.5) is 5.69 Å². The molecular weight excluding hydrogens is 390 g/mol. The smallest absolute Gasteiger partial charge is 0.253 e. The largest absolute Gasteiger partial charge is 0.339 e. The molecule has 1 fully saturated rings. The number of hydrogen-bond donors (Lipinski definition) is 1. The molecule has 1 heterocycles. The van der Waals surface area contributed by atoms with Gasteiger partial charge in [0.1, 0.15) is 0 Å². The van der Waals surface area contributed by atoms with E-state index in [0.29, 0.717) is 43.9 Å². The highest BCUT2D eigenvalue weighted by molar-refractivity contribution is 5.96. The fourth-order valence-electron chi connectivity index (χ4n) is 3.57. The summed E-state index contributed by atoms with van der Waals surface area (Å²) < 4.78 is 0. The first-order chi connectivity index (χ1) is 14.9. The van der Waals surface area contributed by atoms with E-state index in [1.807, 2.05) is 36.9 Å². The minimum atomic E-state index is -0.0985. The van der Waals surface area contributed by atoms with E-state index in [-0.39, 0.29) is 23.6 Å². The molecule has 2 aromatic rings. The van der Waals surface area contributed by atoms with Crippen LogP contribution in [0.25, 0.3) is 0 Å². The van der Waals surface area contributed by atoms with Crippen molar-refractivity contribution < 1.29 is 14.4 Å². The van der Waals surface area contributed by atoms with E-state index in [2.05, 4.69) is 17.4 Å². The highest BCUT2D eigenvalue weighted by Crippen LogP contribution is 2.15. The quantitative estimate of drug-likeness (QED) is 0.743. The zero-order valence-electron chi connectivity index (χ0n) is 18.3. The van der Waals surface area contributed by atoms with E-state index in [1.54, 1.807) is 29.2 Å². The number of rotatable bonds is 7. The number of carbonyl (C=O) groups excluding carboxylic acids is 3. The number of aryl methyl sites for hydroxylation is 1. The molecule has 0 aliphatic carbocycles. The van der Waals surface area contributed by atoms with Gasteiger partial charge >= 0.3 is 0 Å². The van der Waals surface area contributed by atoms with E-state index in [4.69, 9.17) is 0 Å². The maximum absolute atomic E-state index is 12.8. The molecule has 3 rings (SSSR count). The molecule has 0 spiro atoms. The summed E-state index contributed by atoms with van der Waals surface area (Å²) in [6, 6.07) is 17.2. The third-order valence-electron chi connectivity index (χ3n) is 5.54. The van der Waals surface area contributed by atoms with Crippen LogP contribution in [0.5, 0.6) is 0 Å². The number of nitrogens with zero attached hydrogens (tertiary/aromatic N) is 2. The summed E-state index contributed by atoms with van der Waals surface area (Å²) >= 11 is 0. The normalized spacial score (nSPS) is 13.9. The lowest BCUT2D eigenvalue weighted by Gasteiger charge is -2.35. The topological polar surface area (TPSA) is 69.7 Å². The molecule has 1 aliphatic heterocycles. The lowest BCUT2D eigenvalue weighted by atomic mass is 10.1. The minimum absolute atomic E-state index is 0.0436. The highest BCUT2D eigenvalue weighted by Gasteiger charge is 2.24. The number of amides is 3. The molecule has 6 heteroatoms. The van der Waals surface area contributed by atoms with Crippen molar-refractivity contribution in [2.24, 2.45) is 5.92 Å². The van der Waals surface area contributed by atoms with Crippen LogP contribution in [0.3, 0.4) is 0 Å². The van der Waals surface area contributed by atoms with Gasteiger partial charge in [0.15, 0.2) is 0 Å². The van der Waals surface area contributed by atoms with Gasteiger partial charge < -0.3 is 15.1 Å². The Kier molecular flexibility index (Phi) is 7.82. The SMILES string of the molecule is CC(C)C(=O)Nc1ccc(C(=O)N2CCN(C(=O)CCCc3ccccc3)CC2)cc1. The number of anilines is 1. The van der Waals surface area contributed by atoms with Crippen molar-refractivity contribution in [3.63, 3.8) is 0 Å². The van der Waals surface area contributed by atoms with Gasteiger partial charge in [-0.05, 0) is 42.7 Å². The first kappa shape index (κ1) is 22.5. The van der Waals surface area contributed by atoms with Crippen LogP contribution in [0, 0.1) is 5.92 Å². The van der Waals surface area contributed by atoms with Crippen molar-refractivity contribution >= 4 is 23.4 Å². The number of carbonyl (C=O) groups is 3. The maximum atomic E-state index is 12.8. The summed E-state index contributed by atoms with van der Waals surface area (Å²) in [5, 5.41) is 2.82. The molecule has 1 saturated heterocycles. The van der Waals surface area contributed by atoms with Crippen LogP contribution in [0.1, 0.15) is 42.6 Å². The Bertz CT molecular complexity index is 886. The molecule has 164 valence electrons. The van der Waals surface area contributed by atoms with Gasteiger partial charge in [0.2, 0.25) is 11.8 Å². The molecule has 0 unspecified atom stereocenters. The van der Waals surface area contributed by atoms with Crippen LogP contribution in [0.2, 0.25) is 0 Å². The molecule has 6 nitrogen and oxygen atoms in total. The van der Waals surface area contributed by atoms with Crippen LogP contribution < -0.4 is 5.32 Å². The molecule has 1 N–H and O–H groups in total. The molecule has 0 aromatic heterocycles. The van der Waals surface area contributed by atoms with Gasteiger partial charge in [-0.2, -0.15) is 0 Å². The zero-order chi connectivity index (χ0) is 22.2. The standard InChI is InChI=1S/C25H31N3O3/c1-19(2)24(30)26-22-13-11-21(12-14-22)25(31)28-17-15-27(16-18-28)23(29)10-6-9-20-7-4-3-5-8-20/h3-5,7-8,11-14,19H,6,9-10,15-18H2,1-2H3,(H,26,30). The Morgan fingerprint density at radius 3 is 2.10 bits per heavy atom. The first-order valence-corrected chi connectivity index (χ1v) is 11.0. The van der Waals surface area contributed by atoms with Gasteiger partial charge in [-0.1, -0.05) is 44.2 Å². The van der Waals surface area contributed by atoms with E-state index in [9.17, 15) is 14.4 Å². The van der Waals surface area contributed by atoms with Gasteiger partial charge in [0, 0.05) is 49.8 Å². The fraction of sp³-hybridized carbons (Fsp3) is 0.400. The second-order valence-electron chi connectivity index (χ2n) is 8.23. The van der Waals surface area contributed by atoms with Crippen LogP contribution >= 0.6 is 0 Å². The van der Waals surface area contributed by atoms with Gasteiger partial charge in [-0.15, -0.1) is 0 Å². The summed E-state index contributed by atoms with van der Waals surface area (Å²) in [5.41, 5.74) is 2.52. The molecular formula is C25H31N3O3. The molecule has 0 atom stereocenters. The van der Waals surface area contributed by atoms with Crippen molar-refractivity contribution in [1.82, 2.24) is 9.80 Å². The predicted molar refractivity (Wildman–Crippen MR) is 122 cm³/mol. The highest BCUT2D eigenvalue weighted by atomic mass is 16.2. The van der Waals surface area contributed by atoms with Crippen molar-refractivity contribution in [1.29, 1.82) is 0 Å². The second kappa shape index (κ2) is 10.8. The van der Waals surface area contributed by atoms with Crippen LogP contribution in [-0.4, -0.2) is 53.7 Å². The van der Waals surface area contributed by atoms with E-state index in [1.165, 1.54) is 5.56 Å². The lowest BCUT2D eigenvalue weighted by molar-refractivity contribution is -0.132. The number of benzene rings is 2. The van der Waals surface area contributed by atoms with Gasteiger partial charge in [-0.25, -0.2) is 0 Å². The molecule has 31 heavy (non-hydrogen) atoms. The van der Waals surface area contributed by atoms with Gasteiger partial charge in [-0.3, -0.25) is 14.4 Å². The summed E-state index contributed by atoms with van der Waals surface area (Å²) in [5.74, 6) is -0.0338. The molecule has 2 aromatic carbocycles. The third-order valence-corrected chi connectivity index (χ3v) is 5.54. The number of piperazine rings is 1. The van der Waals surface area contributed by atoms with E-state index >= 15 is 0 Å². The fourth-order valence-corrected chi connectivity index (χ4v) is 3.57. The zero-order valence-corrected chi connectivity index (χ0v) is 18.3. The molecule has 1 aliphatic rings. The Balaban J connectivity index is 1.43. The molecule has 0 saturated carbocycles. The Morgan fingerprint density at radius 2 is 1.48 bits per heavy atom.